The Balaban J connectivity index is 2.19. The van der Waals surface area contributed by atoms with Gasteiger partial charge in [0.25, 0.3) is 5.91 Å². The number of hydrogen-bond donors (Lipinski definition) is 0. The molecule has 0 aromatic heterocycles. The van der Waals surface area contributed by atoms with Crippen LogP contribution in [0.4, 0.5) is 0 Å². The van der Waals surface area contributed by atoms with Gasteiger partial charge in [-0.3, -0.25) is 14.5 Å². The first-order valence-electron chi connectivity index (χ1n) is 6.60. The SMILES string of the molecule is O=CCN1C(=O)c2ccccc2C2(CCCC2)C1=O. The van der Waals surface area contributed by atoms with Crippen LogP contribution < -0.4 is 0 Å². The first-order chi connectivity index (χ1) is 9.20. The molecule has 2 amide bonds. The molecular weight excluding hydrogens is 242 g/mol. The number of benzene rings is 1. The molecule has 19 heavy (non-hydrogen) atoms. The van der Waals surface area contributed by atoms with Gasteiger partial charge < -0.3 is 4.79 Å². The lowest BCUT2D eigenvalue weighted by Crippen LogP contribution is -2.53. The van der Waals surface area contributed by atoms with E-state index < -0.39 is 5.41 Å². The fourth-order valence-corrected chi connectivity index (χ4v) is 3.40. The molecule has 1 heterocycles. The van der Waals surface area contributed by atoms with E-state index in [1.165, 1.54) is 0 Å². The summed E-state index contributed by atoms with van der Waals surface area (Å²) in [6.07, 6.45) is 4.13. The highest BCUT2D eigenvalue weighted by Crippen LogP contribution is 2.46. The lowest BCUT2D eigenvalue weighted by Gasteiger charge is -2.38. The molecule has 1 saturated carbocycles. The number of carbonyl (C=O) groups excluding carboxylic acids is 3. The topological polar surface area (TPSA) is 54.5 Å². The predicted octanol–water partition coefficient (Wildman–Crippen LogP) is 1.68. The van der Waals surface area contributed by atoms with Crippen molar-refractivity contribution in [1.82, 2.24) is 4.90 Å². The van der Waals surface area contributed by atoms with Gasteiger partial charge in [0, 0.05) is 5.56 Å². The largest absolute Gasteiger partial charge is 0.301 e. The summed E-state index contributed by atoms with van der Waals surface area (Å²) in [7, 11) is 0. The van der Waals surface area contributed by atoms with E-state index in [1.807, 2.05) is 12.1 Å². The van der Waals surface area contributed by atoms with E-state index in [0.29, 0.717) is 11.8 Å². The summed E-state index contributed by atoms with van der Waals surface area (Å²) in [5, 5.41) is 0. The van der Waals surface area contributed by atoms with E-state index in [4.69, 9.17) is 0 Å². The van der Waals surface area contributed by atoms with Gasteiger partial charge in [0.05, 0.1) is 12.0 Å². The molecule has 1 aromatic carbocycles. The Morgan fingerprint density at radius 3 is 2.53 bits per heavy atom. The van der Waals surface area contributed by atoms with Crippen molar-refractivity contribution in [3.8, 4) is 0 Å². The maximum absolute atomic E-state index is 12.7. The minimum Gasteiger partial charge on any atom is -0.301 e. The van der Waals surface area contributed by atoms with E-state index in [9.17, 15) is 14.4 Å². The van der Waals surface area contributed by atoms with Crippen LogP contribution in [0.3, 0.4) is 0 Å². The van der Waals surface area contributed by atoms with Crippen molar-refractivity contribution < 1.29 is 14.4 Å². The minimum atomic E-state index is -0.576. The van der Waals surface area contributed by atoms with E-state index in [2.05, 4.69) is 0 Å². The van der Waals surface area contributed by atoms with Gasteiger partial charge in [-0.15, -0.1) is 0 Å². The fourth-order valence-electron chi connectivity index (χ4n) is 3.40. The summed E-state index contributed by atoms with van der Waals surface area (Å²) >= 11 is 0. The zero-order valence-corrected chi connectivity index (χ0v) is 10.6. The fraction of sp³-hybridized carbons (Fsp3) is 0.400. The number of nitrogens with zero attached hydrogens (tertiary/aromatic N) is 1. The Morgan fingerprint density at radius 2 is 1.84 bits per heavy atom. The van der Waals surface area contributed by atoms with Gasteiger partial charge in [-0.25, -0.2) is 0 Å². The number of aldehydes is 1. The third-order valence-corrected chi connectivity index (χ3v) is 4.29. The van der Waals surface area contributed by atoms with Crippen LogP contribution in [-0.2, 0) is 15.0 Å². The van der Waals surface area contributed by atoms with Gasteiger partial charge >= 0.3 is 0 Å². The summed E-state index contributed by atoms with van der Waals surface area (Å²) in [6.45, 7) is -0.145. The van der Waals surface area contributed by atoms with Crippen molar-refractivity contribution >= 4 is 18.1 Å². The number of imide groups is 1. The quantitative estimate of drug-likeness (QED) is 0.598. The smallest absolute Gasteiger partial charge is 0.261 e. The molecule has 1 aromatic rings. The average molecular weight is 257 g/mol. The number of amides is 2. The van der Waals surface area contributed by atoms with Crippen LogP contribution in [0.1, 0.15) is 41.6 Å². The Hall–Kier alpha value is -1.97. The lowest BCUT2D eigenvalue weighted by atomic mass is 9.73. The average Bonchev–Trinajstić information content (AvgIpc) is 2.92. The second kappa shape index (κ2) is 4.30. The minimum absolute atomic E-state index is 0.145. The highest BCUT2D eigenvalue weighted by atomic mass is 16.2. The van der Waals surface area contributed by atoms with Crippen LogP contribution >= 0.6 is 0 Å². The number of rotatable bonds is 2. The van der Waals surface area contributed by atoms with Crippen molar-refractivity contribution in [2.75, 3.05) is 6.54 Å². The molecule has 0 unspecified atom stereocenters. The Morgan fingerprint density at radius 1 is 1.16 bits per heavy atom. The van der Waals surface area contributed by atoms with Crippen LogP contribution in [0.2, 0.25) is 0 Å². The Labute approximate surface area is 111 Å². The Kier molecular flexibility index (Phi) is 2.73. The maximum atomic E-state index is 12.7. The molecule has 0 bridgehead atoms. The monoisotopic (exact) mass is 257 g/mol. The Bertz CT molecular complexity index is 558. The lowest BCUT2D eigenvalue weighted by molar-refractivity contribution is -0.136. The van der Waals surface area contributed by atoms with Crippen LogP contribution in [0.15, 0.2) is 24.3 Å². The molecule has 0 saturated heterocycles. The molecular formula is C15H15NO3. The standard InChI is InChI=1S/C15H15NO3/c17-10-9-16-13(18)11-5-1-2-6-12(11)15(14(16)19)7-3-4-8-15/h1-2,5-6,10H,3-4,7-9H2. The summed E-state index contributed by atoms with van der Waals surface area (Å²) in [4.78, 5) is 36.8. The predicted molar refractivity (Wildman–Crippen MR) is 68.7 cm³/mol. The van der Waals surface area contributed by atoms with E-state index in [0.717, 1.165) is 36.1 Å². The van der Waals surface area contributed by atoms with Gasteiger partial charge in [-0.1, -0.05) is 31.0 Å². The maximum Gasteiger partial charge on any atom is 0.261 e. The first kappa shape index (κ1) is 12.1. The highest BCUT2D eigenvalue weighted by molar-refractivity contribution is 6.14. The molecule has 1 spiro atoms. The van der Waals surface area contributed by atoms with Gasteiger partial charge in [0.1, 0.15) is 6.29 Å². The summed E-state index contributed by atoms with van der Waals surface area (Å²) in [5.41, 5.74) is 0.851. The van der Waals surface area contributed by atoms with E-state index >= 15 is 0 Å². The molecule has 2 aliphatic rings. The molecule has 4 heteroatoms. The first-order valence-corrected chi connectivity index (χ1v) is 6.60. The second-order valence-corrected chi connectivity index (χ2v) is 5.22. The number of hydrogen-bond acceptors (Lipinski definition) is 3. The van der Waals surface area contributed by atoms with Crippen molar-refractivity contribution in [3.63, 3.8) is 0 Å². The van der Waals surface area contributed by atoms with Gasteiger partial charge in [-0.2, -0.15) is 0 Å². The molecule has 1 fully saturated rings. The summed E-state index contributed by atoms with van der Waals surface area (Å²) < 4.78 is 0. The normalized spacial score (nSPS) is 20.7. The second-order valence-electron chi connectivity index (χ2n) is 5.22. The summed E-state index contributed by atoms with van der Waals surface area (Å²) in [5.74, 6) is -0.536. The van der Waals surface area contributed by atoms with Crippen LogP contribution in [-0.4, -0.2) is 29.5 Å². The molecule has 0 N–H and O–H groups in total. The van der Waals surface area contributed by atoms with Crippen LogP contribution in [0.5, 0.6) is 0 Å². The van der Waals surface area contributed by atoms with Crippen LogP contribution in [0.25, 0.3) is 0 Å². The molecule has 4 nitrogen and oxygen atoms in total. The number of fused-ring (bicyclic) bond motifs is 2. The highest BCUT2D eigenvalue weighted by Gasteiger charge is 2.51. The molecule has 3 rings (SSSR count). The number of carbonyl (C=O) groups is 3. The zero-order valence-electron chi connectivity index (χ0n) is 10.6. The van der Waals surface area contributed by atoms with Crippen molar-refractivity contribution in [2.45, 2.75) is 31.1 Å². The van der Waals surface area contributed by atoms with E-state index in [1.54, 1.807) is 12.1 Å². The van der Waals surface area contributed by atoms with Gasteiger partial charge in [-0.05, 0) is 24.5 Å². The van der Waals surface area contributed by atoms with Crippen LogP contribution in [0, 0.1) is 0 Å². The molecule has 0 radical (unpaired) electrons. The van der Waals surface area contributed by atoms with Crippen molar-refractivity contribution in [3.05, 3.63) is 35.4 Å². The third-order valence-electron chi connectivity index (χ3n) is 4.29. The zero-order chi connectivity index (χ0) is 13.5. The third kappa shape index (κ3) is 1.56. The van der Waals surface area contributed by atoms with Crippen molar-refractivity contribution in [1.29, 1.82) is 0 Å². The molecule has 98 valence electrons. The molecule has 1 aliphatic carbocycles. The van der Waals surface area contributed by atoms with Gasteiger partial charge in [0.2, 0.25) is 5.91 Å². The van der Waals surface area contributed by atoms with Crippen molar-refractivity contribution in [2.24, 2.45) is 0 Å². The van der Waals surface area contributed by atoms with Gasteiger partial charge in [0.15, 0.2) is 0 Å². The molecule has 0 atom stereocenters. The van der Waals surface area contributed by atoms with E-state index in [-0.39, 0.29) is 18.4 Å². The summed E-state index contributed by atoms with van der Waals surface area (Å²) in [6, 6.07) is 7.31. The molecule has 1 aliphatic heterocycles.